The molecule has 0 saturated carbocycles. The van der Waals surface area contributed by atoms with Gasteiger partial charge in [-0.15, -0.1) is 0 Å². The Balaban J connectivity index is 2.43. The summed E-state index contributed by atoms with van der Waals surface area (Å²) in [6.45, 7) is 11.5. The van der Waals surface area contributed by atoms with Gasteiger partial charge in [-0.2, -0.15) is 0 Å². The zero-order valence-corrected chi connectivity index (χ0v) is 15.9. The molecule has 0 radical (unpaired) electrons. The lowest BCUT2D eigenvalue weighted by Crippen LogP contribution is -2.48. The smallest absolute Gasteiger partial charge is 0.196 e. The minimum atomic E-state index is -1.14. The van der Waals surface area contributed by atoms with E-state index in [1.54, 1.807) is 24.3 Å². The zero-order valence-electron chi connectivity index (χ0n) is 15.9. The lowest BCUT2D eigenvalue weighted by molar-refractivity contribution is -0.284. The Morgan fingerprint density at radius 1 is 1.00 bits per heavy atom. The van der Waals surface area contributed by atoms with Crippen molar-refractivity contribution in [3.05, 3.63) is 53.6 Å². The molecule has 0 heterocycles. The van der Waals surface area contributed by atoms with Crippen molar-refractivity contribution in [3.63, 3.8) is 0 Å². The normalized spacial score (nSPS) is 19.8. The molecule has 25 heavy (non-hydrogen) atoms. The molecular formula is C21H28O4. The second-order valence-corrected chi connectivity index (χ2v) is 8.30. The van der Waals surface area contributed by atoms with Gasteiger partial charge in [-0.05, 0) is 53.7 Å². The van der Waals surface area contributed by atoms with Gasteiger partial charge in [-0.1, -0.05) is 30.3 Å². The minimum Gasteiger partial charge on any atom is -0.507 e. The van der Waals surface area contributed by atoms with E-state index in [-0.39, 0.29) is 23.5 Å². The quantitative estimate of drug-likeness (QED) is 0.486. The Labute approximate surface area is 150 Å². The van der Waals surface area contributed by atoms with Gasteiger partial charge in [0.15, 0.2) is 11.6 Å². The summed E-state index contributed by atoms with van der Waals surface area (Å²) in [5.41, 5.74) is -0.0924. The largest absolute Gasteiger partial charge is 0.507 e. The second kappa shape index (κ2) is 6.77. The molecule has 1 aliphatic rings. The molecule has 0 fully saturated rings. The van der Waals surface area contributed by atoms with Crippen LogP contribution in [0.3, 0.4) is 0 Å². The number of aliphatic hydroxyl groups is 1. The number of carbonyl (C=O) groups excluding carboxylic acids is 1. The van der Waals surface area contributed by atoms with Crippen molar-refractivity contribution in [2.24, 2.45) is 0 Å². The van der Waals surface area contributed by atoms with E-state index >= 15 is 0 Å². The molecule has 1 aliphatic carbocycles. The fourth-order valence-corrected chi connectivity index (χ4v) is 2.84. The molecule has 136 valence electrons. The molecule has 1 aromatic rings. The van der Waals surface area contributed by atoms with E-state index in [1.165, 1.54) is 0 Å². The number of benzene rings is 1. The number of allylic oxidation sites excluding steroid dienone is 2. The SMILES string of the molecule is CC(C)(C)OC1(OC(C)(C)C)C=CC(=C(O)c2ccccc2)C(=O)C1. The van der Waals surface area contributed by atoms with Gasteiger partial charge in [0.05, 0.1) is 23.2 Å². The Hall–Kier alpha value is -1.91. The first-order valence-electron chi connectivity index (χ1n) is 8.52. The second-order valence-electron chi connectivity index (χ2n) is 8.30. The van der Waals surface area contributed by atoms with E-state index < -0.39 is 17.0 Å². The third-order valence-corrected chi connectivity index (χ3v) is 3.47. The Morgan fingerprint density at radius 2 is 1.52 bits per heavy atom. The van der Waals surface area contributed by atoms with Crippen molar-refractivity contribution in [2.45, 2.75) is 65.0 Å². The van der Waals surface area contributed by atoms with Crippen LogP contribution >= 0.6 is 0 Å². The van der Waals surface area contributed by atoms with Crippen LogP contribution in [0.5, 0.6) is 0 Å². The predicted octanol–water partition coefficient (Wildman–Crippen LogP) is 4.81. The zero-order chi connectivity index (χ0) is 18.9. The molecule has 0 aromatic heterocycles. The molecular weight excluding hydrogens is 316 g/mol. The first-order valence-corrected chi connectivity index (χ1v) is 8.52. The fourth-order valence-electron chi connectivity index (χ4n) is 2.84. The van der Waals surface area contributed by atoms with Crippen LogP contribution in [0.15, 0.2) is 48.1 Å². The van der Waals surface area contributed by atoms with Crippen LogP contribution in [0, 0.1) is 0 Å². The van der Waals surface area contributed by atoms with Crippen molar-refractivity contribution in [1.82, 2.24) is 0 Å². The molecule has 0 saturated heterocycles. The summed E-state index contributed by atoms with van der Waals surface area (Å²) in [5.74, 6) is -1.38. The number of aliphatic hydroxyl groups excluding tert-OH is 1. The summed E-state index contributed by atoms with van der Waals surface area (Å²) >= 11 is 0. The number of ketones is 1. The van der Waals surface area contributed by atoms with Gasteiger partial charge < -0.3 is 14.6 Å². The van der Waals surface area contributed by atoms with Crippen LogP contribution in [-0.4, -0.2) is 27.9 Å². The van der Waals surface area contributed by atoms with Gasteiger partial charge in [-0.25, -0.2) is 0 Å². The van der Waals surface area contributed by atoms with E-state index in [1.807, 2.05) is 59.7 Å². The van der Waals surface area contributed by atoms with Crippen LogP contribution < -0.4 is 0 Å². The predicted molar refractivity (Wildman–Crippen MR) is 99.2 cm³/mol. The number of Topliss-reactive ketones (excluding diaryl/α,β-unsaturated/α-hetero) is 1. The molecule has 0 amide bonds. The van der Waals surface area contributed by atoms with Gasteiger partial charge in [0, 0.05) is 5.56 Å². The maximum absolute atomic E-state index is 12.8. The van der Waals surface area contributed by atoms with Gasteiger partial charge in [0.25, 0.3) is 0 Å². The van der Waals surface area contributed by atoms with Crippen LogP contribution in [0.1, 0.15) is 53.5 Å². The van der Waals surface area contributed by atoms with Crippen LogP contribution in [0.2, 0.25) is 0 Å². The average Bonchev–Trinajstić information content (AvgIpc) is 2.43. The molecule has 0 aliphatic heterocycles. The number of ether oxygens (including phenoxy) is 2. The molecule has 0 unspecified atom stereocenters. The summed E-state index contributed by atoms with van der Waals surface area (Å²) in [4.78, 5) is 12.8. The molecule has 0 spiro atoms. The van der Waals surface area contributed by atoms with Gasteiger partial charge in [0.1, 0.15) is 5.76 Å². The Bertz CT molecular complexity index is 669. The lowest BCUT2D eigenvalue weighted by Gasteiger charge is -2.42. The highest BCUT2D eigenvalue weighted by atomic mass is 16.7. The minimum absolute atomic E-state index is 0.0181. The number of hydrogen-bond donors (Lipinski definition) is 1. The van der Waals surface area contributed by atoms with Gasteiger partial charge >= 0.3 is 0 Å². The van der Waals surface area contributed by atoms with E-state index in [0.717, 1.165) is 0 Å². The Kier molecular flexibility index (Phi) is 5.26. The van der Waals surface area contributed by atoms with Crippen molar-refractivity contribution in [1.29, 1.82) is 0 Å². The standard InChI is InChI=1S/C21H28O4/c1-19(2,3)24-21(25-20(4,5)6)13-12-16(17(22)14-21)18(23)15-10-8-7-9-11-15/h7-13,23H,14H2,1-6H3. The van der Waals surface area contributed by atoms with Crippen molar-refractivity contribution in [2.75, 3.05) is 0 Å². The van der Waals surface area contributed by atoms with Crippen molar-refractivity contribution >= 4 is 11.5 Å². The monoisotopic (exact) mass is 344 g/mol. The van der Waals surface area contributed by atoms with E-state index in [2.05, 4.69) is 0 Å². The molecule has 4 heteroatoms. The maximum atomic E-state index is 12.8. The average molecular weight is 344 g/mol. The van der Waals surface area contributed by atoms with Gasteiger partial charge in [0.2, 0.25) is 0 Å². The third kappa shape index (κ3) is 5.28. The molecule has 0 atom stereocenters. The summed E-state index contributed by atoms with van der Waals surface area (Å²) in [5, 5.41) is 10.5. The van der Waals surface area contributed by atoms with Crippen LogP contribution in [0.25, 0.3) is 5.76 Å². The van der Waals surface area contributed by atoms with E-state index in [0.29, 0.717) is 5.56 Å². The van der Waals surface area contributed by atoms with Crippen molar-refractivity contribution in [3.8, 4) is 0 Å². The first kappa shape index (κ1) is 19.4. The molecule has 1 N–H and O–H groups in total. The molecule has 4 nitrogen and oxygen atoms in total. The highest BCUT2D eigenvalue weighted by Gasteiger charge is 2.43. The highest BCUT2D eigenvalue weighted by molar-refractivity contribution is 6.05. The van der Waals surface area contributed by atoms with E-state index in [4.69, 9.17) is 9.47 Å². The maximum Gasteiger partial charge on any atom is 0.196 e. The third-order valence-electron chi connectivity index (χ3n) is 3.47. The van der Waals surface area contributed by atoms with Crippen molar-refractivity contribution < 1.29 is 19.4 Å². The number of hydrogen-bond acceptors (Lipinski definition) is 4. The van der Waals surface area contributed by atoms with Crippen LogP contribution in [-0.2, 0) is 14.3 Å². The lowest BCUT2D eigenvalue weighted by atomic mass is 9.91. The number of carbonyl (C=O) groups is 1. The fraction of sp³-hybridized carbons (Fsp3) is 0.476. The molecule has 1 aromatic carbocycles. The topological polar surface area (TPSA) is 55.8 Å². The molecule has 0 bridgehead atoms. The Morgan fingerprint density at radius 3 is 1.96 bits per heavy atom. The summed E-state index contributed by atoms with van der Waals surface area (Å²) in [6.07, 6.45) is 3.36. The van der Waals surface area contributed by atoms with E-state index in [9.17, 15) is 9.90 Å². The summed E-state index contributed by atoms with van der Waals surface area (Å²) in [7, 11) is 0. The summed E-state index contributed by atoms with van der Waals surface area (Å²) < 4.78 is 12.2. The number of rotatable bonds is 3. The van der Waals surface area contributed by atoms with Gasteiger partial charge in [-0.3, -0.25) is 4.79 Å². The van der Waals surface area contributed by atoms with Crippen LogP contribution in [0.4, 0.5) is 0 Å². The molecule has 2 rings (SSSR count). The summed E-state index contributed by atoms with van der Waals surface area (Å²) in [6, 6.07) is 9.03. The highest BCUT2D eigenvalue weighted by Crippen LogP contribution is 2.36. The first-order chi connectivity index (χ1) is 11.4.